The minimum atomic E-state index is -0.678. The topological polar surface area (TPSA) is 77.5 Å². The summed E-state index contributed by atoms with van der Waals surface area (Å²) >= 11 is 1.08. The van der Waals surface area contributed by atoms with E-state index in [2.05, 4.69) is 10.3 Å². The number of hydrogen-bond donors (Lipinski definition) is 1. The first-order chi connectivity index (χ1) is 11.7. The molecule has 1 amide bonds. The molecule has 0 aliphatic rings. The van der Waals surface area contributed by atoms with Gasteiger partial charge in [0.05, 0.1) is 11.5 Å². The number of benzene rings is 1. The maximum absolute atomic E-state index is 13.1. The Morgan fingerprint density at radius 3 is 2.44 bits per heavy atom. The van der Waals surface area contributed by atoms with Gasteiger partial charge in [0.1, 0.15) is 11.4 Å². The number of nitrogens with one attached hydrogen (secondary N) is 1. The molecule has 134 valence electrons. The zero-order chi connectivity index (χ0) is 18.6. The normalized spacial score (nSPS) is 11.1. The van der Waals surface area contributed by atoms with Crippen molar-refractivity contribution >= 4 is 28.5 Å². The summed E-state index contributed by atoms with van der Waals surface area (Å²) in [6.45, 7) is 7.09. The lowest BCUT2D eigenvalue weighted by Crippen LogP contribution is -2.27. The fourth-order valence-corrected chi connectivity index (χ4v) is 2.84. The number of carbonyl (C=O) groups excluding carboxylic acids is 2. The lowest BCUT2D eigenvalue weighted by Gasteiger charge is -2.18. The van der Waals surface area contributed by atoms with E-state index in [0.29, 0.717) is 10.4 Å². The average Bonchev–Trinajstić information content (AvgIpc) is 2.90. The number of carbonyl (C=O) groups is 2. The van der Waals surface area contributed by atoms with Crippen LogP contribution in [0.4, 0.5) is 14.3 Å². The van der Waals surface area contributed by atoms with Crippen molar-refractivity contribution in [1.82, 2.24) is 4.98 Å². The van der Waals surface area contributed by atoms with Crippen molar-refractivity contribution in [2.45, 2.75) is 33.3 Å². The number of anilines is 1. The van der Waals surface area contributed by atoms with Crippen molar-refractivity contribution in [3.63, 3.8) is 0 Å². The van der Waals surface area contributed by atoms with Crippen molar-refractivity contribution in [2.75, 3.05) is 11.9 Å². The van der Waals surface area contributed by atoms with Gasteiger partial charge in [-0.25, -0.2) is 19.0 Å². The molecule has 0 fully saturated rings. The van der Waals surface area contributed by atoms with Crippen LogP contribution in [-0.4, -0.2) is 29.3 Å². The third-order valence-corrected chi connectivity index (χ3v) is 3.83. The van der Waals surface area contributed by atoms with Crippen LogP contribution in [-0.2, 0) is 9.47 Å². The van der Waals surface area contributed by atoms with E-state index in [-0.39, 0.29) is 17.4 Å². The molecule has 0 bridgehead atoms. The minimum absolute atomic E-state index is 0.0597. The zero-order valence-electron chi connectivity index (χ0n) is 14.4. The smallest absolute Gasteiger partial charge is 0.413 e. The molecule has 0 aliphatic heterocycles. The number of nitrogens with zero attached hydrogens (tertiary/aromatic N) is 1. The second-order valence-electron chi connectivity index (χ2n) is 6.05. The molecule has 8 heteroatoms. The summed E-state index contributed by atoms with van der Waals surface area (Å²) in [6, 6.07) is 5.63. The third kappa shape index (κ3) is 5.25. The van der Waals surface area contributed by atoms with Gasteiger partial charge in [0, 0.05) is 0 Å². The highest BCUT2D eigenvalue weighted by molar-refractivity contribution is 7.19. The largest absolute Gasteiger partial charge is 0.461 e. The second kappa shape index (κ2) is 7.60. The molecule has 0 radical (unpaired) electrons. The number of thiazole rings is 1. The Balaban J connectivity index is 2.34. The summed E-state index contributed by atoms with van der Waals surface area (Å²) in [4.78, 5) is 28.6. The van der Waals surface area contributed by atoms with E-state index in [9.17, 15) is 14.0 Å². The summed E-state index contributed by atoms with van der Waals surface area (Å²) in [6.07, 6.45) is -0.678. The van der Waals surface area contributed by atoms with Gasteiger partial charge >= 0.3 is 12.1 Å². The van der Waals surface area contributed by atoms with Crippen LogP contribution >= 0.6 is 11.3 Å². The van der Waals surface area contributed by atoms with Gasteiger partial charge in [0.25, 0.3) is 0 Å². The molecule has 1 aromatic heterocycles. The fourth-order valence-electron chi connectivity index (χ4n) is 1.90. The number of ether oxygens (including phenoxy) is 2. The first kappa shape index (κ1) is 18.9. The minimum Gasteiger partial charge on any atom is -0.461 e. The van der Waals surface area contributed by atoms with Crippen LogP contribution in [0.2, 0.25) is 0 Å². The van der Waals surface area contributed by atoms with Crippen LogP contribution in [0.1, 0.15) is 38.2 Å². The highest BCUT2D eigenvalue weighted by atomic mass is 32.1. The van der Waals surface area contributed by atoms with Crippen LogP contribution in [0.25, 0.3) is 10.4 Å². The van der Waals surface area contributed by atoms with Crippen LogP contribution < -0.4 is 5.32 Å². The number of amides is 1. The van der Waals surface area contributed by atoms with E-state index >= 15 is 0 Å². The SMILES string of the molecule is CCOC(=O)c1nc(NC(=O)OC(C)(C)C)sc1-c1ccc(F)cc1. The standard InChI is InChI=1S/C17H19FN2O4S/c1-5-23-14(21)12-13(10-6-8-11(18)9-7-10)25-15(19-12)20-16(22)24-17(2,3)4/h6-9H,5H2,1-4H3,(H,19,20,22). The lowest BCUT2D eigenvalue weighted by molar-refractivity contribution is 0.0519. The fraction of sp³-hybridized carbons (Fsp3) is 0.353. The summed E-state index contributed by atoms with van der Waals surface area (Å²) in [5, 5.41) is 2.69. The summed E-state index contributed by atoms with van der Waals surface area (Å²) < 4.78 is 23.3. The first-order valence-electron chi connectivity index (χ1n) is 7.63. The number of halogens is 1. The molecule has 0 unspecified atom stereocenters. The Labute approximate surface area is 149 Å². The Hall–Kier alpha value is -2.48. The van der Waals surface area contributed by atoms with Crippen LogP contribution in [0.15, 0.2) is 24.3 Å². The molecule has 1 N–H and O–H groups in total. The highest BCUT2D eigenvalue weighted by Crippen LogP contribution is 2.34. The van der Waals surface area contributed by atoms with E-state index in [0.717, 1.165) is 11.3 Å². The van der Waals surface area contributed by atoms with E-state index in [1.54, 1.807) is 27.7 Å². The van der Waals surface area contributed by atoms with Gasteiger partial charge in [-0.15, -0.1) is 0 Å². The molecule has 0 spiro atoms. The monoisotopic (exact) mass is 366 g/mol. The molecule has 0 saturated heterocycles. The number of esters is 1. The Kier molecular flexibility index (Phi) is 5.73. The molecule has 0 saturated carbocycles. The van der Waals surface area contributed by atoms with Crippen molar-refractivity contribution in [3.05, 3.63) is 35.8 Å². The molecule has 2 rings (SSSR count). The van der Waals surface area contributed by atoms with Gasteiger partial charge < -0.3 is 9.47 Å². The maximum atomic E-state index is 13.1. The van der Waals surface area contributed by atoms with Crippen molar-refractivity contribution < 1.29 is 23.5 Å². The van der Waals surface area contributed by atoms with E-state index < -0.39 is 23.5 Å². The molecule has 1 heterocycles. The molecule has 1 aromatic carbocycles. The van der Waals surface area contributed by atoms with Gasteiger partial charge in [0.15, 0.2) is 10.8 Å². The number of hydrogen-bond acceptors (Lipinski definition) is 6. The average molecular weight is 366 g/mol. The Morgan fingerprint density at radius 1 is 1.24 bits per heavy atom. The van der Waals surface area contributed by atoms with Gasteiger partial charge in [-0.2, -0.15) is 0 Å². The van der Waals surface area contributed by atoms with Crippen LogP contribution in [0.5, 0.6) is 0 Å². The molecular weight excluding hydrogens is 347 g/mol. The van der Waals surface area contributed by atoms with Crippen LogP contribution in [0.3, 0.4) is 0 Å². The predicted molar refractivity (Wildman–Crippen MR) is 93.3 cm³/mol. The molecule has 0 atom stereocenters. The summed E-state index contributed by atoms with van der Waals surface area (Å²) in [5.74, 6) is -1.01. The van der Waals surface area contributed by atoms with E-state index in [1.165, 1.54) is 24.3 Å². The summed E-state index contributed by atoms with van der Waals surface area (Å²) in [7, 11) is 0. The van der Waals surface area contributed by atoms with E-state index in [4.69, 9.17) is 9.47 Å². The third-order valence-electron chi connectivity index (χ3n) is 2.81. The highest BCUT2D eigenvalue weighted by Gasteiger charge is 2.23. The molecule has 25 heavy (non-hydrogen) atoms. The Morgan fingerprint density at radius 2 is 1.88 bits per heavy atom. The molecule has 0 aliphatic carbocycles. The van der Waals surface area contributed by atoms with Gasteiger partial charge in [-0.3, -0.25) is 5.32 Å². The van der Waals surface area contributed by atoms with Crippen molar-refractivity contribution in [2.24, 2.45) is 0 Å². The summed E-state index contributed by atoms with van der Waals surface area (Å²) in [5.41, 5.74) is -0.00539. The molecule has 2 aromatic rings. The number of aromatic nitrogens is 1. The maximum Gasteiger partial charge on any atom is 0.413 e. The Bertz CT molecular complexity index is 766. The zero-order valence-corrected chi connectivity index (χ0v) is 15.2. The van der Waals surface area contributed by atoms with Gasteiger partial charge in [-0.05, 0) is 45.4 Å². The van der Waals surface area contributed by atoms with Gasteiger partial charge in [-0.1, -0.05) is 23.5 Å². The second-order valence-corrected chi connectivity index (χ2v) is 7.05. The van der Waals surface area contributed by atoms with Crippen molar-refractivity contribution in [3.8, 4) is 10.4 Å². The first-order valence-corrected chi connectivity index (χ1v) is 8.45. The molecule has 6 nitrogen and oxygen atoms in total. The predicted octanol–water partition coefficient (Wildman–Crippen LogP) is 4.47. The lowest BCUT2D eigenvalue weighted by atomic mass is 10.1. The van der Waals surface area contributed by atoms with Crippen molar-refractivity contribution in [1.29, 1.82) is 0 Å². The van der Waals surface area contributed by atoms with Crippen LogP contribution in [0, 0.1) is 5.82 Å². The van der Waals surface area contributed by atoms with E-state index in [1.807, 2.05) is 0 Å². The quantitative estimate of drug-likeness (QED) is 0.808. The van der Waals surface area contributed by atoms with Gasteiger partial charge in [0.2, 0.25) is 0 Å². The number of rotatable bonds is 4. The molecular formula is C17H19FN2O4S.